The summed E-state index contributed by atoms with van der Waals surface area (Å²) < 4.78 is 5.12. The van der Waals surface area contributed by atoms with E-state index in [1.165, 1.54) is 0 Å². The summed E-state index contributed by atoms with van der Waals surface area (Å²) in [5, 5.41) is 3.01. The van der Waals surface area contributed by atoms with E-state index in [0.29, 0.717) is 6.54 Å². The molecule has 1 saturated heterocycles. The van der Waals surface area contributed by atoms with Crippen molar-refractivity contribution in [3.05, 3.63) is 29.8 Å². The second kappa shape index (κ2) is 7.43. The number of likely N-dealkylation sites (N-methyl/N-ethyl adjacent to an activating group) is 1. The van der Waals surface area contributed by atoms with Gasteiger partial charge in [0.15, 0.2) is 0 Å². The van der Waals surface area contributed by atoms with E-state index < -0.39 is 0 Å². The summed E-state index contributed by atoms with van der Waals surface area (Å²) in [5.41, 5.74) is 1.08. The lowest BCUT2D eigenvalue weighted by Crippen LogP contribution is -2.52. The van der Waals surface area contributed by atoms with Crippen molar-refractivity contribution in [3.8, 4) is 5.75 Å². The minimum atomic E-state index is -0.0723. The normalized spacial score (nSPS) is 18.2. The zero-order valence-electron chi connectivity index (χ0n) is 13.1. The van der Waals surface area contributed by atoms with Gasteiger partial charge in [0.25, 0.3) is 0 Å². The van der Waals surface area contributed by atoms with Crippen LogP contribution < -0.4 is 10.1 Å². The largest absolute Gasteiger partial charge is 0.497 e. The molecule has 1 N–H and O–H groups in total. The summed E-state index contributed by atoms with van der Waals surface area (Å²) in [6.45, 7) is 6.49. The van der Waals surface area contributed by atoms with Gasteiger partial charge in [-0.15, -0.1) is 0 Å². The number of amides is 1. The molecule has 5 heteroatoms. The van der Waals surface area contributed by atoms with Crippen LogP contribution in [-0.2, 0) is 11.3 Å². The van der Waals surface area contributed by atoms with Gasteiger partial charge in [0.05, 0.1) is 13.2 Å². The number of hydrogen-bond donors (Lipinski definition) is 1. The van der Waals surface area contributed by atoms with E-state index in [1.54, 1.807) is 7.11 Å². The maximum Gasteiger partial charge on any atom is 0.237 e. The molecule has 0 aliphatic carbocycles. The van der Waals surface area contributed by atoms with E-state index in [1.807, 2.05) is 31.2 Å². The van der Waals surface area contributed by atoms with Gasteiger partial charge in [-0.1, -0.05) is 12.1 Å². The molecule has 1 atom stereocenters. The predicted octanol–water partition coefficient (Wildman–Crippen LogP) is 0.947. The summed E-state index contributed by atoms with van der Waals surface area (Å²) in [4.78, 5) is 16.8. The molecule has 1 amide bonds. The van der Waals surface area contributed by atoms with Crippen molar-refractivity contribution in [2.45, 2.75) is 19.5 Å². The van der Waals surface area contributed by atoms with Crippen molar-refractivity contribution in [1.29, 1.82) is 0 Å². The van der Waals surface area contributed by atoms with Gasteiger partial charge in [0.2, 0.25) is 5.91 Å². The van der Waals surface area contributed by atoms with Crippen LogP contribution in [0.25, 0.3) is 0 Å². The van der Waals surface area contributed by atoms with Crippen LogP contribution in [0.1, 0.15) is 12.5 Å². The minimum Gasteiger partial charge on any atom is -0.497 e. The van der Waals surface area contributed by atoms with E-state index >= 15 is 0 Å². The molecule has 1 fully saturated rings. The molecule has 5 nitrogen and oxygen atoms in total. The number of carbonyl (C=O) groups is 1. The number of benzene rings is 1. The monoisotopic (exact) mass is 291 g/mol. The maximum absolute atomic E-state index is 12.2. The summed E-state index contributed by atoms with van der Waals surface area (Å²) in [6.07, 6.45) is 0. The molecule has 2 rings (SSSR count). The highest BCUT2D eigenvalue weighted by Gasteiger charge is 2.23. The van der Waals surface area contributed by atoms with E-state index in [0.717, 1.165) is 37.5 Å². The lowest BCUT2D eigenvalue weighted by molar-refractivity contribution is -0.126. The molecule has 1 aliphatic rings. The van der Waals surface area contributed by atoms with Gasteiger partial charge < -0.3 is 15.0 Å². The molecule has 116 valence electrons. The van der Waals surface area contributed by atoms with Crippen molar-refractivity contribution in [3.63, 3.8) is 0 Å². The molecule has 0 radical (unpaired) electrons. The van der Waals surface area contributed by atoms with Crippen molar-refractivity contribution in [2.75, 3.05) is 40.3 Å². The van der Waals surface area contributed by atoms with Crippen molar-refractivity contribution >= 4 is 5.91 Å². The smallest absolute Gasteiger partial charge is 0.237 e. The van der Waals surface area contributed by atoms with Crippen LogP contribution in [0.5, 0.6) is 5.75 Å². The molecule has 1 aromatic carbocycles. The molecule has 0 unspecified atom stereocenters. The summed E-state index contributed by atoms with van der Waals surface area (Å²) in [6, 6.07) is 7.69. The van der Waals surface area contributed by atoms with Crippen LogP contribution in [0.4, 0.5) is 0 Å². The third-order valence-electron chi connectivity index (χ3n) is 4.09. The molecule has 0 bridgehead atoms. The van der Waals surface area contributed by atoms with Gasteiger partial charge in [-0.3, -0.25) is 9.69 Å². The average molecular weight is 291 g/mol. The number of nitrogens with one attached hydrogen (secondary N) is 1. The lowest BCUT2D eigenvalue weighted by Gasteiger charge is -2.35. The van der Waals surface area contributed by atoms with Crippen molar-refractivity contribution < 1.29 is 9.53 Å². The Balaban J connectivity index is 1.80. The van der Waals surface area contributed by atoms with E-state index in [2.05, 4.69) is 22.2 Å². The number of hydrogen-bond acceptors (Lipinski definition) is 4. The van der Waals surface area contributed by atoms with Gasteiger partial charge >= 0.3 is 0 Å². The number of ether oxygens (including phenoxy) is 1. The van der Waals surface area contributed by atoms with Crippen LogP contribution in [0.3, 0.4) is 0 Å². The zero-order valence-corrected chi connectivity index (χ0v) is 13.1. The number of methoxy groups -OCH3 is 1. The summed E-state index contributed by atoms with van der Waals surface area (Å²) >= 11 is 0. The van der Waals surface area contributed by atoms with Gasteiger partial charge in [-0.05, 0) is 31.7 Å². The third kappa shape index (κ3) is 4.44. The number of carbonyl (C=O) groups excluding carboxylic acids is 1. The molecule has 1 aromatic rings. The quantitative estimate of drug-likeness (QED) is 0.877. The van der Waals surface area contributed by atoms with Gasteiger partial charge in [0, 0.05) is 32.7 Å². The molecular formula is C16H25N3O2. The number of nitrogens with zero attached hydrogens (tertiary/aromatic N) is 2. The minimum absolute atomic E-state index is 0.0723. The first kappa shape index (κ1) is 15.8. The Morgan fingerprint density at radius 1 is 1.24 bits per heavy atom. The second-order valence-corrected chi connectivity index (χ2v) is 5.58. The Hall–Kier alpha value is -1.59. The molecule has 1 aliphatic heterocycles. The van der Waals surface area contributed by atoms with Gasteiger partial charge in [0.1, 0.15) is 5.75 Å². The van der Waals surface area contributed by atoms with Crippen molar-refractivity contribution in [1.82, 2.24) is 15.1 Å². The second-order valence-electron chi connectivity index (χ2n) is 5.58. The molecule has 0 aromatic heterocycles. The topological polar surface area (TPSA) is 44.8 Å². The van der Waals surface area contributed by atoms with Crippen LogP contribution in [0.15, 0.2) is 24.3 Å². The Bertz CT molecular complexity index is 453. The van der Waals surface area contributed by atoms with Crippen LogP contribution in [0.2, 0.25) is 0 Å². The summed E-state index contributed by atoms with van der Waals surface area (Å²) in [7, 11) is 3.76. The molecule has 0 saturated carbocycles. The molecule has 0 spiro atoms. The van der Waals surface area contributed by atoms with Gasteiger partial charge in [-0.25, -0.2) is 0 Å². The fraction of sp³-hybridized carbons (Fsp3) is 0.562. The third-order valence-corrected chi connectivity index (χ3v) is 4.09. The first-order valence-electron chi connectivity index (χ1n) is 7.43. The Morgan fingerprint density at radius 2 is 1.86 bits per heavy atom. The molecule has 1 heterocycles. The van der Waals surface area contributed by atoms with Crippen LogP contribution in [-0.4, -0.2) is 62.1 Å². The van der Waals surface area contributed by atoms with Crippen molar-refractivity contribution in [2.24, 2.45) is 0 Å². The van der Waals surface area contributed by atoms with Gasteiger partial charge in [-0.2, -0.15) is 0 Å². The highest BCUT2D eigenvalue weighted by Crippen LogP contribution is 2.11. The first-order chi connectivity index (χ1) is 10.1. The lowest BCUT2D eigenvalue weighted by atomic mass is 10.2. The zero-order chi connectivity index (χ0) is 15.2. The Morgan fingerprint density at radius 3 is 2.43 bits per heavy atom. The predicted molar refractivity (Wildman–Crippen MR) is 83.4 cm³/mol. The standard InChI is InChI=1S/C16H25N3O2/c1-13(19-10-8-18(2)9-11-19)16(20)17-12-14-4-6-15(21-3)7-5-14/h4-7,13H,8-12H2,1-3H3,(H,17,20)/t13-/m0/s1. The van der Waals surface area contributed by atoms with E-state index in [4.69, 9.17) is 4.74 Å². The highest BCUT2D eigenvalue weighted by molar-refractivity contribution is 5.81. The highest BCUT2D eigenvalue weighted by atomic mass is 16.5. The van der Waals surface area contributed by atoms with E-state index in [9.17, 15) is 4.79 Å². The molecular weight excluding hydrogens is 266 g/mol. The molecule has 21 heavy (non-hydrogen) atoms. The fourth-order valence-corrected chi connectivity index (χ4v) is 2.46. The van der Waals surface area contributed by atoms with Crippen LogP contribution in [0, 0.1) is 0 Å². The Labute approximate surface area is 126 Å². The SMILES string of the molecule is COc1ccc(CNC(=O)[C@H](C)N2CCN(C)CC2)cc1. The van der Waals surface area contributed by atoms with Crippen LogP contribution >= 0.6 is 0 Å². The average Bonchev–Trinajstić information content (AvgIpc) is 2.53. The first-order valence-corrected chi connectivity index (χ1v) is 7.43. The maximum atomic E-state index is 12.2. The number of rotatable bonds is 5. The number of piperazine rings is 1. The Kier molecular flexibility index (Phi) is 5.59. The summed E-state index contributed by atoms with van der Waals surface area (Å²) in [5.74, 6) is 0.922. The fourth-order valence-electron chi connectivity index (χ4n) is 2.46. The van der Waals surface area contributed by atoms with E-state index in [-0.39, 0.29) is 11.9 Å².